The summed E-state index contributed by atoms with van der Waals surface area (Å²) in [6.45, 7) is 6.13. The van der Waals surface area contributed by atoms with Crippen LogP contribution in [0.15, 0.2) is 36.4 Å². The van der Waals surface area contributed by atoms with Crippen LogP contribution in [0.1, 0.15) is 32.6 Å². The van der Waals surface area contributed by atoms with Gasteiger partial charge in [-0.1, -0.05) is 45.8 Å². The summed E-state index contributed by atoms with van der Waals surface area (Å²) in [5.41, 5.74) is 5.81. The van der Waals surface area contributed by atoms with Crippen LogP contribution in [0.2, 0.25) is 0 Å². The summed E-state index contributed by atoms with van der Waals surface area (Å²) in [6, 6.07) is 11.7. The SMILES string of the molecule is Cc1cc(F)cc(C(Br)Cc2cc(C)ccc2C)c1. The summed E-state index contributed by atoms with van der Waals surface area (Å²) < 4.78 is 13.4. The van der Waals surface area contributed by atoms with Gasteiger partial charge in [-0.2, -0.15) is 0 Å². The molecule has 0 bridgehead atoms. The van der Waals surface area contributed by atoms with Crippen molar-refractivity contribution in [3.63, 3.8) is 0 Å². The minimum absolute atomic E-state index is 0.141. The number of alkyl halides is 1. The van der Waals surface area contributed by atoms with Gasteiger partial charge >= 0.3 is 0 Å². The predicted molar refractivity (Wildman–Crippen MR) is 82.4 cm³/mol. The lowest BCUT2D eigenvalue weighted by Crippen LogP contribution is -1.99. The molecule has 2 heteroatoms. The lowest BCUT2D eigenvalue weighted by molar-refractivity contribution is 0.623. The Hall–Kier alpha value is -1.15. The Balaban J connectivity index is 2.25. The topological polar surface area (TPSA) is 0 Å². The third-order valence-corrected chi connectivity index (χ3v) is 4.18. The molecule has 0 saturated carbocycles. The fraction of sp³-hybridized carbons (Fsp3) is 0.294. The molecule has 0 spiro atoms. The van der Waals surface area contributed by atoms with Crippen LogP contribution in [0.4, 0.5) is 4.39 Å². The van der Waals surface area contributed by atoms with Crippen molar-refractivity contribution in [2.24, 2.45) is 0 Å². The van der Waals surface area contributed by atoms with E-state index in [2.05, 4.69) is 48.0 Å². The molecule has 0 N–H and O–H groups in total. The minimum Gasteiger partial charge on any atom is -0.207 e. The van der Waals surface area contributed by atoms with Crippen molar-refractivity contribution in [2.75, 3.05) is 0 Å². The second-order valence-corrected chi connectivity index (χ2v) is 6.27. The van der Waals surface area contributed by atoms with Gasteiger partial charge in [-0.3, -0.25) is 0 Å². The molecule has 2 aromatic carbocycles. The number of benzene rings is 2. The number of hydrogen-bond donors (Lipinski definition) is 0. The van der Waals surface area contributed by atoms with Crippen LogP contribution in [0.3, 0.4) is 0 Å². The van der Waals surface area contributed by atoms with E-state index < -0.39 is 0 Å². The van der Waals surface area contributed by atoms with Crippen molar-refractivity contribution in [3.8, 4) is 0 Å². The first-order valence-electron chi connectivity index (χ1n) is 6.43. The zero-order valence-electron chi connectivity index (χ0n) is 11.5. The van der Waals surface area contributed by atoms with E-state index in [0.717, 1.165) is 17.5 Å². The van der Waals surface area contributed by atoms with Crippen molar-refractivity contribution in [3.05, 3.63) is 70.0 Å². The summed E-state index contributed by atoms with van der Waals surface area (Å²) in [7, 11) is 0. The van der Waals surface area contributed by atoms with Gasteiger partial charge in [0.15, 0.2) is 0 Å². The van der Waals surface area contributed by atoms with Gasteiger partial charge in [0.2, 0.25) is 0 Å². The van der Waals surface area contributed by atoms with Crippen molar-refractivity contribution >= 4 is 15.9 Å². The van der Waals surface area contributed by atoms with E-state index in [-0.39, 0.29) is 10.6 Å². The average molecular weight is 321 g/mol. The largest absolute Gasteiger partial charge is 0.207 e. The third-order valence-electron chi connectivity index (χ3n) is 3.33. The highest BCUT2D eigenvalue weighted by Crippen LogP contribution is 2.29. The highest BCUT2D eigenvalue weighted by Gasteiger charge is 2.12. The molecule has 0 fully saturated rings. The van der Waals surface area contributed by atoms with Gasteiger partial charge in [-0.15, -0.1) is 0 Å². The van der Waals surface area contributed by atoms with Gasteiger partial charge in [-0.05, 0) is 61.6 Å². The molecule has 0 radical (unpaired) electrons. The molecular weight excluding hydrogens is 303 g/mol. The Kier molecular flexibility index (Phi) is 4.41. The zero-order chi connectivity index (χ0) is 14.0. The van der Waals surface area contributed by atoms with Crippen LogP contribution in [0, 0.1) is 26.6 Å². The van der Waals surface area contributed by atoms with Gasteiger partial charge in [0.05, 0.1) is 0 Å². The van der Waals surface area contributed by atoms with Crippen molar-refractivity contribution in [2.45, 2.75) is 32.0 Å². The maximum atomic E-state index is 13.4. The fourth-order valence-corrected chi connectivity index (χ4v) is 2.89. The smallest absolute Gasteiger partial charge is 0.123 e. The molecule has 0 aliphatic carbocycles. The average Bonchev–Trinajstić information content (AvgIpc) is 2.32. The Labute approximate surface area is 122 Å². The highest BCUT2D eigenvalue weighted by atomic mass is 79.9. The summed E-state index contributed by atoms with van der Waals surface area (Å²) in [6.07, 6.45) is 0.871. The predicted octanol–water partition coefficient (Wildman–Crippen LogP) is 5.43. The number of aryl methyl sites for hydroxylation is 3. The molecule has 1 unspecified atom stereocenters. The maximum Gasteiger partial charge on any atom is 0.123 e. The van der Waals surface area contributed by atoms with E-state index >= 15 is 0 Å². The van der Waals surface area contributed by atoms with E-state index in [1.807, 2.05) is 13.0 Å². The molecular formula is C17H18BrF. The molecule has 2 rings (SSSR count). The molecule has 1 atom stereocenters. The second kappa shape index (κ2) is 5.87. The summed E-state index contributed by atoms with van der Waals surface area (Å²) >= 11 is 3.68. The van der Waals surface area contributed by atoms with Crippen LogP contribution < -0.4 is 0 Å². The minimum atomic E-state index is -0.166. The summed E-state index contributed by atoms with van der Waals surface area (Å²) in [5, 5.41) is 0. The first kappa shape index (κ1) is 14.3. The molecule has 0 aromatic heterocycles. The first-order chi connectivity index (χ1) is 8.95. The molecule has 19 heavy (non-hydrogen) atoms. The van der Waals surface area contributed by atoms with Gasteiger partial charge in [-0.25, -0.2) is 4.39 Å². The number of halogens is 2. The standard InChI is InChI=1S/C17H18BrF/c1-11-4-5-13(3)14(6-11)10-17(18)15-7-12(2)8-16(19)9-15/h4-9,17H,10H2,1-3H3. The quantitative estimate of drug-likeness (QED) is 0.661. The van der Waals surface area contributed by atoms with E-state index in [1.54, 1.807) is 12.1 Å². The molecule has 0 heterocycles. The normalized spacial score (nSPS) is 12.5. The summed E-state index contributed by atoms with van der Waals surface area (Å²) in [4.78, 5) is 0.141. The van der Waals surface area contributed by atoms with Gasteiger partial charge in [0.25, 0.3) is 0 Å². The van der Waals surface area contributed by atoms with Crippen molar-refractivity contribution < 1.29 is 4.39 Å². The Morgan fingerprint density at radius 3 is 2.42 bits per heavy atom. The van der Waals surface area contributed by atoms with Crippen LogP contribution in [0.25, 0.3) is 0 Å². The van der Waals surface area contributed by atoms with Crippen LogP contribution in [0.5, 0.6) is 0 Å². The second-order valence-electron chi connectivity index (χ2n) is 5.16. The molecule has 0 amide bonds. The monoisotopic (exact) mass is 320 g/mol. The molecule has 0 nitrogen and oxygen atoms in total. The van der Waals surface area contributed by atoms with E-state index in [9.17, 15) is 4.39 Å². The lowest BCUT2D eigenvalue weighted by atomic mass is 9.98. The van der Waals surface area contributed by atoms with Crippen molar-refractivity contribution in [1.29, 1.82) is 0 Å². The van der Waals surface area contributed by atoms with E-state index in [0.29, 0.717) is 0 Å². The van der Waals surface area contributed by atoms with Gasteiger partial charge < -0.3 is 0 Å². The Morgan fingerprint density at radius 1 is 1.00 bits per heavy atom. The van der Waals surface area contributed by atoms with Crippen LogP contribution in [-0.4, -0.2) is 0 Å². The Bertz CT molecular complexity index is 570. The number of rotatable bonds is 3. The van der Waals surface area contributed by atoms with E-state index in [4.69, 9.17) is 0 Å². The molecule has 0 aliphatic heterocycles. The maximum absolute atomic E-state index is 13.4. The fourth-order valence-electron chi connectivity index (χ4n) is 2.28. The van der Waals surface area contributed by atoms with Gasteiger partial charge in [0.1, 0.15) is 5.82 Å². The lowest BCUT2D eigenvalue weighted by Gasteiger charge is -2.14. The van der Waals surface area contributed by atoms with Gasteiger partial charge in [0, 0.05) is 4.83 Å². The zero-order valence-corrected chi connectivity index (χ0v) is 13.1. The van der Waals surface area contributed by atoms with Crippen LogP contribution in [-0.2, 0) is 6.42 Å². The Morgan fingerprint density at radius 2 is 1.74 bits per heavy atom. The molecule has 2 aromatic rings. The highest BCUT2D eigenvalue weighted by molar-refractivity contribution is 9.09. The first-order valence-corrected chi connectivity index (χ1v) is 7.34. The molecule has 0 saturated heterocycles. The summed E-state index contributed by atoms with van der Waals surface area (Å²) in [5.74, 6) is -0.166. The molecule has 0 aliphatic rings. The third kappa shape index (κ3) is 3.66. The molecule has 100 valence electrons. The van der Waals surface area contributed by atoms with Crippen LogP contribution >= 0.6 is 15.9 Å². The number of hydrogen-bond acceptors (Lipinski definition) is 0. The van der Waals surface area contributed by atoms with Crippen molar-refractivity contribution in [1.82, 2.24) is 0 Å². The van der Waals surface area contributed by atoms with E-state index in [1.165, 1.54) is 16.7 Å².